The van der Waals surface area contributed by atoms with Crippen molar-refractivity contribution >= 4 is 5.82 Å². The number of rotatable bonds is 5. The maximum Gasteiger partial charge on any atom is 0.133 e. The second-order valence-corrected chi connectivity index (χ2v) is 6.92. The third-order valence-electron chi connectivity index (χ3n) is 5.07. The quantitative estimate of drug-likeness (QED) is 0.904. The SMILES string of the molecule is CN1CCN(c2ncccc2CNCc2ccc3c(c2)CCO3)CC1. The zero-order valence-corrected chi connectivity index (χ0v) is 14.9. The molecule has 0 aliphatic carbocycles. The van der Waals surface area contributed by atoms with Gasteiger partial charge in [0, 0.05) is 57.4 Å². The highest BCUT2D eigenvalue weighted by Gasteiger charge is 2.18. The van der Waals surface area contributed by atoms with E-state index in [2.05, 4.69) is 51.4 Å². The van der Waals surface area contributed by atoms with Crippen LogP contribution in [0.1, 0.15) is 16.7 Å². The van der Waals surface area contributed by atoms with Crippen LogP contribution in [-0.2, 0) is 19.5 Å². The maximum atomic E-state index is 5.58. The highest BCUT2D eigenvalue weighted by atomic mass is 16.5. The number of ether oxygens (including phenoxy) is 1. The minimum Gasteiger partial charge on any atom is -0.493 e. The summed E-state index contributed by atoms with van der Waals surface area (Å²) in [6.45, 7) is 6.81. The third kappa shape index (κ3) is 3.78. The Balaban J connectivity index is 1.38. The van der Waals surface area contributed by atoms with E-state index in [1.807, 2.05) is 12.3 Å². The molecule has 5 nitrogen and oxygen atoms in total. The van der Waals surface area contributed by atoms with Crippen molar-refractivity contribution in [3.05, 3.63) is 53.2 Å². The number of benzene rings is 1. The Morgan fingerprint density at radius 3 is 2.88 bits per heavy atom. The van der Waals surface area contributed by atoms with Gasteiger partial charge < -0.3 is 19.9 Å². The van der Waals surface area contributed by atoms with Crippen molar-refractivity contribution < 1.29 is 4.74 Å². The summed E-state index contributed by atoms with van der Waals surface area (Å²) in [6, 6.07) is 10.7. The smallest absolute Gasteiger partial charge is 0.133 e. The Morgan fingerprint density at radius 2 is 2.00 bits per heavy atom. The Kier molecular flexibility index (Phi) is 4.85. The zero-order chi connectivity index (χ0) is 17.1. The monoisotopic (exact) mass is 338 g/mol. The molecule has 5 heteroatoms. The van der Waals surface area contributed by atoms with E-state index in [0.29, 0.717) is 0 Å². The lowest BCUT2D eigenvalue weighted by Gasteiger charge is -2.34. The molecule has 1 aromatic carbocycles. The lowest BCUT2D eigenvalue weighted by molar-refractivity contribution is 0.311. The van der Waals surface area contributed by atoms with Gasteiger partial charge in [0.05, 0.1) is 6.61 Å². The zero-order valence-electron chi connectivity index (χ0n) is 14.9. The molecule has 3 heterocycles. The van der Waals surface area contributed by atoms with E-state index in [1.54, 1.807) is 0 Å². The molecule has 2 aliphatic rings. The number of nitrogens with zero attached hydrogens (tertiary/aromatic N) is 3. The topological polar surface area (TPSA) is 40.6 Å². The molecule has 0 amide bonds. The highest BCUT2D eigenvalue weighted by Crippen LogP contribution is 2.26. The minimum absolute atomic E-state index is 0.816. The molecule has 0 unspecified atom stereocenters. The van der Waals surface area contributed by atoms with Crippen LogP contribution in [0.15, 0.2) is 36.5 Å². The Morgan fingerprint density at radius 1 is 1.12 bits per heavy atom. The second-order valence-electron chi connectivity index (χ2n) is 6.92. The Bertz CT molecular complexity index is 725. The first-order valence-electron chi connectivity index (χ1n) is 9.12. The molecule has 0 spiro atoms. The summed E-state index contributed by atoms with van der Waals surface area (Å²) in [5, 5.41) is 3.58. The summed E-state index contributed by atoms with van der Waals surface area (Å²) in [6.07, 6.45) is 2.93. The number of hydrogen-bond acceptors (Lipinski definition) is 5. The number of aromatic nitrogens is 1. The molecule has 1 fully saturated rings. The fourth-order valence-corrected chi connectivity index (χ4v) is 3.56. The van der Waals surface area contributed by atoms with Crippen LogP contribution >= 0.6 is 0 Å². The van der Waals surface area contributed by atoms with Crippen LogP contribution in [0, 0.1) is 0 Å². The molecular weight excluding hydrogens is 312 g/mol. The number of piperazine rings is 1. The molecular formula is C20H26N4O. The average molecular weight is 338 g/mol. The predicted molar refractivity (Wildman–Crippen MR) is 100 cm³/mol. The lowest BCUT2D eigenvalue weighted by atomic mass is 10.1. The van der Waals surface area contributed by atoms with Gasteiger partial charge in [0.25, 0.3) is 0 Å². The van der Waals surface area contributed by atoms with Crippen molar-refractivity contribution in [2.75, 3.05) is 44.7 Å². The molecule has 0 atom stereocenters. The van der Waals surface area contributed by atoms with Gasteiger partial charge >= 0.3 is 0 Å². The van der Waals surface area contributed by atoms with Crippen LogP contribution in [0.4, 0.5) is 5.82 Å². The molecule has 2 aromatic rings. The van der Waals surface area contributed by atoms with Crippen molar-refractivity contribution in [3.63, 3.8) is 0 Å². The number of nitrogens with one attached hydrogen (secondary N) is 1. The number of fused-ring (bicyclic) bond motifs is 1. The van der Waals surface area contributed by atoms with E-state index in [-0.39, 0.29) is 0 Å². The van der Waals surface area contributed by atoms with Gasteiger partial charge in [-0.2, -0.15) is 0 Å². The molecule has 1 saturated heterocycles. The van der Waals surface area contributed by atoms with E-state index in [1.165, 1.54) is 16.7 Å². The Hall–Kier alpha value is -2.11. The normalized spacial score (nSPS) is 17.4. The van der Waals surface area contributed by atoms with Crippen molar-refractivity contribution in [2.24, 2.45) is 0 Å². The summed E-state index contributed by atoms with van der Waals surface area (Å²) < 4.78 is 5.58. The standard InChI is InChI=1S/C20H26N4O/c1-23-8-10-24(11-9-23)20-18(3-2-7-22-20)15-21-14-16-4-5-19-17(13-16)6-12-25-19/h2-5,7,13,21H,6,8-12,14-15H2,1H3. The van der Waals surface area contributed by atoms with Gasteiger partial charge in [0.1, 0.15) is 11.6 Å². The largest absolute Gasteiger partial charge is 0.493 e. The second kappa shape index (κ2) is 7.42. The fourth-order valence-electron chi connectivity index (χ4n) is 3.56. The number of pyridine rings is 1. The Labute approximate surface area is 149 Å². The van der Waals surface area contributed by atoms with Gasteiger partial charge in [0.15, 0.2) is 0 Å². The van der Waals surface area contributed by atoms with Gasteiger partial charge in [0.2, 0.25) is 0 Å². The molecule has 25 heavy (non-hydrogen) atoms. The molecule has 2 aliphatic heterocycles. The summed E-state index contributed by atoms with van der Waals surface area (Å²) in [5.74, 6) is 2.18. The number of hydrogen-bond donors (Lipinski definition) is 1. The van der Waals surface area contributed by atoms with Crippen molar-refractivity contribution in [1.29, 1.82) is 0 Å². The lowest BCUT2D eigenvalue weighted by Crippen LogP contribution is -2.45. The third-order valence-corrected chi connectivity index (χ3v) is 5.07. The van der Waals surface area contributed by atoms with Gasteiger partial charge in [-0.25, -0.2) is 4.98 Å². The predicted octanol–water partition coefficient (Wildman–Crippen LogP) is 2.06. The molecule has 4 rings (SSSR count). The van der Waals surface area contributed by atoms with Crippen LogP contribution in [0.5, 0.6) is 5.75 Å². The highest BCUT2D eigenvalue weighted by molar-refractivity contribution is 5.47. The van der Waals surface area contributed by atoms with Crippen LogP contribution in [0.3, 0.4) is 0 Å². The molecule has 0 bridgehead atoms. The molecule has 0 radical (unpaired) electrons. The molecule has 132 valence electrons. The van der Waals surface area contributed by atoms with Crippen LogP contribution in [0.25, 0.3) is 0 Å². The first kappa shape index (κ1) is 16.4. The van der Waals surface area contributed by atoms with E-state index in [4.69, 9.17) is 4.74 Å². The van der Waals surface area contributed by atoms with Gasteiger partial charge in [-0.3, -0.25) is 0 Å². The van der Waals surface area contributed by atoms with Crippen LogP contribution in [0.2, 0.25) is 0 Å². The average Bonchev–Trinajstić information content (AvgIpc) is 3.11. The summed E-state index contributed by atoms with van der Waals surface area (Å²) in [5.41, 5.74) is 3.92. The molecule has 0 saturated carbocycles. The molecule has 1 N–H and O–H groups in total. The van der Waals surface area contributed by atoms with Gasteiger partial charge in [-0.1, -0.05) is 18.2 Å². The molecule has 1 aromatic heterocycles. The first-order chi connectivity index (χ1) is 12.3. The van der Waals surface area contributed by atoms with Gasteiger partial charge in [-0.15, -0.1) is 0 Å². The van der Waals surface area contributed by atoms with E-state index in [0.717, 1.165) is 63.9 Å². The summed E-state index contributed by atoms with van der Waals surface area (Å²) in [7, 11) is 2.18. The summed E-state index contributed by atoms with van der Waals surface area (Å²) in [4.78, 5) is 9.43. The van der Waals surface area contributed by atoms with Crippen molar-refractivity contribution in [1.82, 2.24) is 15.2 Å². The van der Waals surface area contributed by atoms with E-state index in [9.17, 15) is 0 Å². The van der Waals surface area contributed by atoms with Crippen molar-refractivity contribution in [3.8, 4) is 5.75 Å². The minimum atomic E-state index is 0.816. The first-order valence-corrected chi connectivity index (χ1v) is 9.12. The van der Waals surface area contributed by atoms with E-state index < -0.39 is 0 Å². The summed E-state index contributed by atoms with van der Waals surface area (Å²) >= 11 is 0. The van der Waals surface area contributed by atoms with Gasteiger partial charge in [-0.05, 0) is 30.3 Å². The van der Waals surface area contributed by atoms with Crippen molar-refractivity contribution in [2.45, 2.75) is 19.5 Å². The van der Waals surface area contributed by atoms with Crippen LogP contribution < -0.4 is 15.0 Å². The maximum absolute atomic E-state index is 5.58. The fraction of sp³-hybridized carbons (Fsp3) is 0.450. The number of likely N-dealkylation sites (N-methyl/N-ethyl adjacent to an activating group) is 1. The number of anilines is 1. The van der Waals surface area contributed by atoms with E-state index >= 15 is 0 Å². The van der Waals surface area contributed by atoms with Crippen LogP contribution in [-0.4, -0.2) is 49.7 Å².